The van der Waals surface area contributed by atoms with E-state index < -0.39 is 0 Å². The molecule has 0 rings (SSSR count). The number of esters is 1. The Kier molecular flexibility index (Phi) is 7.01. The van der Waals surface area contributed by atoms with Crippen LogP contribution < -0.4 is 0 Å². The van der Waals surface area contributed by atoms with Crippen molar-refractivity contribution in [3.05, 3.63) is 0 Å². The van der Waals surface area contributed by atoms with Gasteiger partial charge >= 0.3 is 5.97 Å². The Labute approximate surface area is 92.9 Å². The van der Waals surface area contributed by atoms with Crippen molar-refractivity contribution in [3.63, 3.8) is 0 Å². The third kappa shape index (κ3) is 11.1. The van der Waals surface area contributed by atoms with E-state index in [9.17, 15) is 4.79 Å². The van der Waals surface area contributed by atoms with E-state index in [1.807, 2.05) is 0 Å². The molecule has 15 heavy (non-hydrogen) atoms. The average Bonchev–Trinajstić information content (AvgIpc) is 2.11. The van der Waals surface area contributed by atoms with E-state index in [-0.39, 0.29) is 17.9 Å². The van der Waals surface area contributed by atoms with Crippen LogP contribution in [0.15, 0.2) is 4.99 Å². The quantitative estimate of drug-likeness (QED) is 0.386. The Balaban J connectivity index is 3.53. The second-order valence-corrected chi connectivity index (χ2v) is 4.86. The summed E-state index contributed by atoms with van der Waals surface area (Å²) >= 11 is 0. The van der Waals surface area contributed by atoms with Gasteiger partial charge in [-0.3, -0.25) is 9.79 Å². The zero-order chi connectivity index (χ0) is 11.7. The first kappa shape index (κ1) is 14.1. The molecular weight excluding hydrogens is 190 g/mol. The minimum absolute atomic E-state index is 0.153. The van der Waals surface area contributed by atoms with Gasteiger partial charge in [0.05, 0.1) is 6.61 Å². The van der Waals surface area contributed by atoms with Gasteiger partial charge in [-0.15, -0.1) is 0 Å². The van der Waals surface area contributed by atoms with E-state index in [4.69, 9.17) is 4.74 Å². The normalized spacial score (nSPS) is 12.0. The molecule has 0 aliphatic carbocycles. The van der Waals surface area contributed by atoms with Gasteiger partial charge in [0.1, 0.15) is 6.54 Å². The lowest BCUT2D eigenvalue weighted by atomic mass is 9.93. The minimum Gasteiger partial charge on any atom is -0.464 e. The molecule has 0 bridgehead atoms. The molecule has 0 aromatic carbocycles. The first-order valence-electron chi connectivity index (χ1n) is 5.59. The summed E-state index contributed by atoms with van der Waals surface area (Å²) in [7, 11) is 0. The third-order valence-corrected chi connectivity index (χ3v) is 1.81. The van der Waals surface area contributed by atoms with Crippen LogP contribution >= 0.6 is 0 Å². The van der Waals surface area contributed by atoms with E-state index in [1.54, 1.807) is 6.21 Å². The van der Waals surface area contributed by atoms with Crippen LogP contribution in [0.2, 0.25) is 0 Å². The summed E-state index contributed by atoms with van der Waals surface area (Å²) < 4.78 is 4.96. The molecule has 0 radical (unpaired) electrons. The average molecular weight is 213 g/mol. The number of rotatable bonds is 6. The molecule has 0 aromatic heterocycles. The molecule has 88 valence electrons. The maximum atomic E-state index is 11.1. The summed E-state index contributed by atoms with van der Waals surface area (Å²) in [6.07, 6.45) is 4.66. The van der Waals surface area contributed by atoms with Crippen LogP contribution in [-0.2, 0) is 9.53 Å². The molecule has 0 saturated carbocycles. The molecule has 0 heterocycles. The number of aliphatic imine (C=N–C) groups is 1. The maximum absolute atomic E-state index is 11.1. The molecule has 0 amide bonds. The molecule has 0 N–H and O–H groups in total. The first-order chi connectivity index (χ1) is 6.95. The van der Waals surface area contributed by atoms with E-state index in [0.29, 0.717) is 6.61 Å². The Morgan fingerprint density at radius 3 is 2.60 bits per heavy atom. The van der Waals surface area contributed by atoms with Crippen molar-refractivity contribution in [2.45, 2.75) is 47.0 Å². The Hall–Kier alpha value is -0.860. The number of unbranched alkanes of at least 4 members (excludes halogenated alkanes) is 1. The predicted octanol–water partition coefficient (Wildman–Crippen LogP) is 2.84. The zero-order valence-corrected chi connectivity index (χ0v) is 10.4. The van der Waals surface area contributed by atoms with Gasteiger partial charge in [-0.2, -0.15) is 0 Å². The number of hydrogen-bond donors (Lipinski definition) is 0. The minimum atomic E-state index is -0.228. The summed E-state index contributed by atoms with van der Waals surface area (Å²) in [6.45, 7) is 9.15. The van der Waals surface area contributed by atoms with E-state index in [0.717, 1.165) is 19.3 Å². The van der Waals surface area contributed by atoms with Gasteiger partial charge < -0.3 is 4.74 Å². The van der Waals surface area contributed by atoms with Crippen LogP contribution in [0.4, 0.5) is 0 Å². The molecule has 0 unspecified atom stereocenters. The molecule has 0 aliphatic heterocycles. The SMILES string of the molecule is CCCCOC(=O)C/N=C\CC(C)(C)C. The van der Waals surface area contributed by atoms with Crippen LogP contribution in [0.1, 0.15) is 47.0 Å². The number of carbonyl (C=O) groups is 1. The molecule has 3 nitrogen and oxygen atoms in total. The molecule has 0 atom stereocenters. The lowest BCUT2D eigenvalue weighted by molar-refractivity contribution is -0.141. The molecule has 0 spiro atoms. The number of carbonyl (C=O) groups excluding carboxylic acids is 1. The largest absolute Gasteiger partial charge is 0.464 e. The van der Waals surface area contributed by atoms with Gasteiger partial charge in [-0.1, -0.05) is 34.1 Å². The van der Waals surface area contributed by atoms with Crippen molar-refractivity contribution in [1.29, 1.82) is 0 Å². The number of ether oxygens (including phenoxy) is 1. The fourth-order valence-electron chi connectivity index (χ4n) is 0.853. The maximum Gasteiger partial charge on any atom is 0.327 e. The zero-order valence-electron chi connectivity index (χ0n) is 10.4. The fourth-order valence-corrected chi connectivity index (χ4v) is 0.853. The van der Waals surface area contributed by atoms with Crippen molar-refractivity contribution in [2.75, 3.05) is 13.2 Å². The van der Waals surface area contributed by atoms with E-state index in [1.165, 1.54) is 0 Å². The van der Waals surface area contributed by atoms with Gasteiger partial charge in [-0.25, -0.2) is 0 Å². The second-order valence-electron chi connectivity index (χ2n) is 4.86. The Morgan fingerprint density at radius 2 is 2.07 bits per heavy atom. The summed E-state index contributed by atoms with van der Waals surface area (Å²) in [5.41, 5.74) is 0.232. The van der Waals surface area contributed by atoms with Crippen molar-refractivity contribution in [2.24, 2.45) is 10.4 Å². The summed E-state index contributed by atoms with van der Waals surface area (Å²) in [6, 6.07) is 0. The summed E-state index contributed by atoms with van der Waals surface area (Å²) in [5.74, 6) is -0.228. The van der Waals surface area contributed by atoms with Gasteiger partial charge in [0.2, 0.25) is 0 Å². The van der Waals surface area contributed by atoms with Crippen LogP contribution in [-0.4, -0.2) is 25.3 Å². The van der Waals surface area contributed by atoms with Crippen LogP contribution in [0.3, 0.4) is 0 Å². The van der Waals surface area contributed by atoms with Crippen molar-refractivity contribution < 1.29 is 9.53 Å². The van der Waals surface area contributed by atoms with E-state index in [2.05, 4.69) is 32.7 Å². The number of nitrogens with zero attached hydrogens (tertiary/aromatic N) is 1. The Morgan fingerprint density at radius 1 is 1.40 bits per heavy atom. The molecule has 3 heteroatoms. The predicted molar refractivity (Wildman–Crippen MR) is 63.3 cm³/mol. The van der Waals surface area contributed by atoms with Crippen LogP contribution in [0.25, 0.3) is 0 Å². The van der Waals surface area contributed by atoms with Gasteiger partial charge in [0, 0.05) is 0 Å². The highest BCUT2D eigenvalue weighted by Crippen LogP contribution is 2.15. The monoisotopic (exact) mass is 213 g/mol. The highest BCUT2D eigenvalue weighted by Gasteiger charge is 2.07. The van der Waals surface area contributed by atoms with Crippen LogP contribution in [0.5, 0.6) is 0 Å². The smallest absolute Gasteiger partial charge is 0.327 e. The lowest BCUT2D eigenvalue weighted by Gasteiger charge is -2.13. The molecule has 0 aliphatic rings. The van der Waals surface area contributed by atoms with E-state index >= 15 is 0 Å². The second kappa shape index (κ2) is 7.43. The molecular formula is C12H23NO2. The third-order valence-electron chi connectivity index (χ3n) is 1.81. The summed E-state index contributed by atoms with van der Waals surface area (Å²) in [5, 5.41) is 0. The van der Waals surface area contributed by atoms with Crippen molar-refractivity contribution in [1.82, 2.24) is 0 Å². The van der Waals surface area contributed by atoms with Crippen molar-refractivity contribution >= 4 is 12.2 Å². The van der Waals surface area contributed by atoms with Crippen molar-refractivity contribution in [3.8, 4) is 0 Å². The first-order valence-corrected chi connectivity index (χ1v) is 5.59. The van der Waals surface area contributed by atoms with Crippen LogP contribution in [0, 0.1) is 5.41 Å². The molecule has 0 fully saturated rings. The fraction of sp³-hybridized carbons (Fsp3) is 0.833. The highest BCUT2D eigenvalue weighted by atomic mass is 16.5. The topological polar surface area (TPSA) is 38.7 Å². The highest BCUT2D eigenvalue weighted by molar-refractivity contribution is 5.74. The standard InChI is InChI=1S/C12H23NO2/c1-5-6-9-15-11(14)10-13-8-7-12(2,3)4/h8H,5-7,9-10H2,1-4H3/b13-8-. The molecule has 0 saturated heterocycles. The summed E-state index contributed by atoms with van der Waals surface area (Å²) in [4.78, 5) is 15.1. The van der Waals surface area contributed by atoms with Gasteiger partial charge in [0.25, 0.3) is 0 Å². The Bertz CT molecular complexity index is 204. The van der Waals surface area contributed by atoms with Gasteiger partial charge in [0.15, 0.2) is 0 Å². The molecule has 0 aromatic rings. The van der Waals surface area contributed by atoms with Gasteiger partial charge in [-0.05, 0) is 24.5 Å². The lowest BCUT2D eigenvalue weighted by Crippen LogP contribution is -2.10. The number of hydrogen-bond acceptors (Lipinski definition) is 3.